The Kier molecular flexibility index (Phi) is 5.42. The van der Waals surface area contributed by atoms with Crippen molar-refractivity contribution in [3.05, 3.63) is 0 Å². The van der Waals surface area contributed by atoms with Gasteiger partial charge in [-0.25, -0.2) is 0 Å². The lowest BCUT2D eigenvalue weighted by atomic mass is 9.70. The lowest BCUT2D eigenvalue weighted by Gasteiger charge is -2.48. The monoisotopic (exact) mass is 257 g/mol. The first kappa shape index (κ1) is 14.3. The van der Waals surface area contributed by atoms with Crippen LogP contribution in [0.4, 0.5) is 0 Å². The Labute approximate surface area is 110 Å². The highest BCUT2D eigenvalue weighted by Crippen LogP contribution is 2.44. The third-order valence-electron chi connectivity index (χ3n) is 4.43. The second kappa shape index (κ2) is 6.85. The van der Waals surface area contributed by atoms with Crippen LogP contribution < -0.4 is 5.73 Å². The Balaban J connectivity index is 1.63. The van der Waals surface area contributed by atoms with Crippen LogP contribution in [-0.4, -0.2) is 45.2 Å². The minimum absolute atomic E-state index is 0.206. The van der Waals surface area contributed by atoms with Crippen LogP contribution in [0.2, 0.25) is 0 Å². The highest BCUT2D eigenvalue weighted by molar-refractivity contribution is 4.96. The molecule has 4 nitrogen and oxygen atoms in total. The number of methoxy groups -OCH3 is 1. The van der Waals surface area contributed by atoms with E-state index in [2.05, 4.69) is 0 Å². The van der Waals surface area contributed by atoms with E-state index >= 15 is 0 Å². The predicted molar refractivity (Wildman–Crippen MR) is 70.5 cm³/mol. The topological polar surface area (TPSA) is 53.7 Å². The molecule has 1 saturated heterocycles. The fourth-order valence-corrected chi connectivity index (χ4v) is 3.05. The third kappa shape index (κ3) is 3.67. The summed E-state index contributed by atoms with van der Waals surface area (Å²) < 4.78 is 16.4. The first-order chi connectivity index (χ1) is 8.76. The minimum atomic E-state index is 0.206. The zero-order valence-corrected chi connectivity index (χ0v) is 11.5. The number of nitrogens with two attached hydrogens (primary N) is 1. The van der Waals surface area contributed by atoms with Crippen LogP contribution in [0.1, 0.15) is 38.5 Å². The molecule has 2 atom stereocenters. The van der Waals surface area contributed by atoms with Crippen LogP contribution in [0, 0.1) is 5.92 Å². The van der Waals surface area contributed by atoms with E-state index in [1.807, 2.05) is 0 Å². The van der Waals surface area contributed by atoms with Crippen molar-refractivity contribution in [2.24, 2.45) is 11.7 Å². The van der Waals surface area contributed by atoms with Crippen molar-refractivity contribution in [2.75, 3.05) is 33.5 Å². The number of hydrogen-bond donors (Lipinski definition) is 1. The van der Waals surface area contributed by atoms with Crippen LogP contribution in [0.15, 0.2) is 0 Å². The van der Waals surface area contributed by atoms with E-state index in [0.29, 0.717) is 19.1 Å². The number of ether oxygens (including phenoxy) is 3. The molecule has 0 radical (unpaired) electrons. The van der Waals surface area contributed by atoms with Crippen molar-refractivity contribution >= 4 is 0 Å². The molecular formula is C14H27NO3. The molecule has 106 valence electrons. The highest BCUT2D eigenvalue weighted by Gasteiger charge is 2.43. The quantitative estimate of drug-likeness (QED) is 0.706. The molecule has 1 aliphatic heterocycles. The Morgan fingerprint density at radius 1 is 1.33 bits per heavy atom. The Morgan fingerprint density at radius 3 is 2.83 bits per heavy atom. The fraction of sp³-hybridized carbons (Fsp3) is 1.00. The van der Waals surface area contributed by atoms with Gasteiger partial charge >= 0.3 is 0 Å². The molecule has 1 saturated carbocycles. The molecule has 0 aromatic carbocycles. The highest BCUT2D eigenvalue weighted by atomic mass is 16.5. The molecule has 2 fully saturated rings. The van der Waals surface area contributed by atoms with Crippen molar-refractivity contribution in [3.63, 3.8) is 0 Å². The summed E-state index contributed by atoms with van der Waals surface area (Å²) in [5.41, 5.74) is 6.50. The van der Waals surface area contributed by atoms with E-state index in [4.69, 9.17) is 19.9 Å². The van der Waals surface area contributed by atoms with E-state index in [-0.39, 0.29) is 11.6 Å². The lowest BCUT2D eigenvalue weighted by Crippen LogP contribution is -2.49. The Bertz CT molecular complexity index is 243. The molecule has 2 N–H and O–H groups in total. The van der Waals surface area contributed by atoms with Crippen LogP contribution in [0.5, 0.6) is 0 Å². The van der Waals surface area contributed by atoms with Crippen LogP contribution in [-0.2, 0) is 14.2 Å². The van der Waals surface area contributed by atoms with Gasteiger partial charge in [0.15, 0.2) is 0 Å². The number of rotatable bonds is 7. The molecule has 1 aliphatic carbocycles. The van der Waals surface area contributed by atoms with Gasteiger partial charge in [0.1, 0.15) is 0 Å². The van der Waals surface area contributed by atoms with Crippen molar-refractivity contribution < 1.29 is 14.2 Å². The molecular weight excluding hydrogens is 230 g/mol. The molecule has 0 amide bonds. The van der Waals surface area contributed by atoms with Crippen molar-refractivity contribution in [1.82, 2.24) is 0 Å². The number of hydrogen-bond acceptors (Lipinski definition) is 4. The van der Waals surface area contributed by atoms with E-state index < -0.39 is 0 Å². The molecule has 0 aromatic rings. The van der Waals surface area contributed by atoms with Crippen LogP contribution in [0.3, 0.4) is 0 Å². The smallest absolute Gasteiger partial charge is 0.0700 e. The normalized spacial score (nSPS) is 28.0. The van der Waals surface area contributed by atoms with Crippen molar-refractivity contribution in [1.29, 1.82) is 0 Å². The maximum absolute atomic E-state index is 6.30. The fourth-order valence-electron chi connectivity index (χ4n) is 3.05. The van der Waals surface area contributed by atoms with Gasteiger partial charge < -0.3 is 19.9 Å². The van der Waals surface area contributed by atoms with E-state index in [1.165, 1.54) is 19.3 Å². The molecule has 2 aliphatic rings. The van der Waals surface area contributed by atoms with Gasteiger partial charge in [-0.15, -0.1) is 0 Å². The van der Waals surface area contributed by atoms with Crippen molar-refractivity contribution in [2.45, 2.75) is 50.2 Å². The zero-order chi connectivity index (χ0) is 12.8. The maximum atomic E-state index is 6.30. The van der Waals surface area contributed by atoms with E-state index in [9.17, 15) is 0 Å². The van der Waals surface area contributed by atoms with Gasteiger partial charge in [0.25, 0.3) is 0 Å². The Hall–Kier alpha value is -0.160. The van der Waals surface area contributed by atoms with Gasteiger partial charge in [0, 0.05) is 26.4 Å². The molecule has 4 heteroatoms. The van der Waals surface area contributed by atoms with Crippen LogP contribution in [0.25, 0.3) is 0 Å². The van der Waals surface area contributed by atoms with Crippen LogP contribution >= 0.6 is 0 Å². The van der Waals surface area contributed by atoms with Crippen molar-refractivity contribution in [3.8, 4) is 0 Å². The second-order valence-electron chi connectivity index (χ2n) is 5.70. The molecule has 0 aromatic heterocycles. The summed E-state index contributed by atoms with van der Waals surface area (Å²) in [4.78, 5) is 0. The minimum Gasteiger partial charge on any atom is -0.382 e. The largest absolute Gasteiger partial charge is 0.382 e. The van der Waals surface area contributed by atoms with Gasteiger partial charge in [-0.1, -0.05) is 0 Å². The zero-order valence-electron chi connectivity index (χ0n) is 11.5. The van der Waals surface area contributed by atoms with E-state index in [1.54, 1.807) is 7.11 Å². The summed E-state index contributed by atoms with van der Waals surface area (Å²) in [7, 11) is 1.69. The summed E-state index contributed by atoms with van der Waals surface area (Å²) in [6, 6.07) is 0.258. The predicted octanol–water partition coefficient (Wildman–Crippen LogP) is 1.72. The molecule has 18 heavy (non-hydrogen) atoms. The average molecular weight is 257 g/mol. The molecule has 0 bridgehead atoms. The van der Waals surface area contributed by atoms with Gasteiger partial charge in [-0.3, -0.25) is 0 Å². The summed E-state index contributed by atoms with van der Waals surface area (Å²) in [6.07, 6.45) is 7.01. The summed E-state index contributed by atoms with van der Waals surface area (Å²) >= 11 is 0. The SMILES string of the molecule is COCCOCCC(N)C1CCOC2(CCC2)C1. The maximum Gasteiger partial charge on any atom is 0.0700 e. The molecule has 1 heterocycles. The second-order valence-corrected chi connectivity index (χ2v) is 5.70. The van der Waals surface area contributed by atoms with Gasteiger partial charge in [0.05, 0.1) is 18.8 Å². The summed E-state index contributed by atoms with van der Waals surface area (Å²) in [5.74, 6) is 0.616. The standard InChI is InChI=1S/C14H27NO3/c1-16-9-10-17-7-4-13(15)12-3-8-18-14(11-12)5-2-6-14/h12-13H,2-11,15H2,1H3. The average Bonchev–Trinajstić information content (AvgIpc) is 2.36. The van der Waals surface area contributed by atoms with Gasteiger partial charge in [-0.05, 0) is 44.4 Å². The summed E-state index contributed by atoms with van der Waals surface area (Å²) in [6.45, 7) is 2.97. The Morgan fingerprint density at radius 2 is 2.17 bits per heavy atom. The third-order valence-corrected chi connectivity index (χ3v) is 4.43. The summed E-state index contributed by atoms with van der Waals surface area (Å²) in [5, 5.41) is 0. The first-order valence-electron chi connectivity index (χ1n) is 7.22. The lowest BCUT2D eigenvalue weighted by molar-refractivity contribution is -0.146. The van der Waals surface area contributed by atoms with E-state index in [0.717, 1.165) is 32.5 Å². The molecule has 2 unspecified atom stereocenters. The first-order valence-corrected chi connectivity index (χ1v) is 7.22. The molecule has 1 spiro atoms. The molecule has 2 rings (SSSR count). The van der Waals surface area contributed by atoms with Gasteiger partial charge in [-0.2, -0.15) is 0 Å². The van der Waals surface area contributed by atoms with Gasteiger partial charge in [0.2, 0.25) is 0 Å².